The topological polar surface area (TPSA) is 120 Å². The molecule has 26 heavy (non-hydrogen) atoms. The summed E-state index contributed by atoms with van der Waals surface area (Å²) in [6, 6.07) is 0. The van der Waals surface area contributed by atoms with E-state index in [4.69, 9.17) is 14.3 Å². The number of hydrogen-bond acceptors (Lipinski definition) is 8. The van der Waals surface area contributed by atoms with Gasteiger partial charge in [0.1, 0.15) is 6.29 Å². The van der Waals surface area contributed by atoms with Gasteiger partial charge in [0.2, 0.25) is 0 Å². The minimum atomic E-state index is -0.633. The van der Waals surface area contributed by atoms with Crippen molar-refractivity contribution in [3.8, 4) is 0 Å². The summed E-state index contributed by atoms with van der Waals surface area (Å²) in [6.45, 7) is 0.912. The average molecular weight is 370 g/mol. The monoisotopic (exact) mass is 370 g/mol. The van der Waals surface area contributed by atoms with Gasteiger partial charge in [-0.25, -0.2) is 4.79 Å². The largest absolute Gasteiger partial charge is 0.378 e. The van der Waals surface area contributed by atoms with Crippen LogP contribution in [-0.2, 0) is 38.3 Å². The molecule has 10 nitrogen and oxygen atoms in total. The smallest absolute Gasteiger partial charge is 0.334 e. The van der Waals surface area contributed by atoms with Crippen molar-refractivity contribution in [1.82, 2.24) is 9.96 Å². The lowest BCUT2D eigenvalue weighted by Gasteiger charge is -2.15. The Morgan fingerprint density at radius 1 is 1.04 bits per heavy atom. The third-order valence-corrected chi connectivity index (χ3v) is 3.25. The van der Waals surface area contributed by atoms with Crippen LogP contribution in [0.5, 0.6) is 0 Å². The number of imide groups is 1. The van der Waals surface area contributed by atoms with Gasteiger partial charge in [-0.05, 0) is 0 Å². The quantitative estimate of drug-likeness (QED) is 0.190. The molecule has 0 unspecified atom stereocenters. The fourth-order valence-electron chi connectivity index (χ4n) is 1.87. The van der Waals surface area contributed by atoms with E-state index in [9.17, 15) is 24.0 Å². The van der Waals surface area contributed by atoms with E-state index in [2.05, 4.69) is 0 Å². The van der Waals surface area contributed by atoms with Crippen molar-refractivity contribution in [1.29, 1.82) is 0 Å². The molecule has 0 bridgehead atoms. The highest BCUT2D eigenvalue weighted by atomic mass is 16.7. The second kappa shape index (κ2) is 11.9. The van der Waals surface area contributed by atoms with Crippen LogP contribution >= 0.6 is 0 Å². The molecule has 1 aliphatic rings. The standard InChI is InChI=1S/C16H22N2O8/c1-17(13(20)3-2-8-19)26-16(23)6-9-24-11-12-25-10-7-18-14(21)4-5-15(18)22/h4-5,8H,2-3,6-7,9-12H2,1H3. The van der Waals surface area contributed by atoms with E-state index in [0.717, 1.165) is 9.96 Å². The highest BCUT2D eigenvalue weighted by Gasteiger charge is 2.22. The molecule has 0 saturated heterocycles. The summed E-state index contributed by atoms with van der Waals surface area (Å²) in [5.41, 5.74) is 0. The molecule has 0 aromatic carbocycles. The first-order valence-corrected chi connectivity index (χ1v) is 8.05. The lowest BCUT2D eigenvalue weighted by atomic mass is 10.3. The second-order valence-electron chi connectivity index (χ2n) is 5.20. The maximum absolute atomic E-state index is 11.5. The average Bonchev–Trinajstić information content (AvgIpc) is 2.93. The Labute approximate surface area is 150 Å². The van der Waals surface area contributed by atoms with Crippen molar-refractivity contribution in [2.75, 3.05) is 40.0 Å². The van der Waals surface area contributed by atoms with E-state index in [1.807, 2.05) is 0 Å². The summed E-state index contributed by atoms with van der Waals surface area (Å²) in [5, 5.41) is 0.796. The predicted octanol–water partition coefficient (Wildman–Crippen LogP) is -0.770. The van der Waals surface area contributed by atoms with Gasteiger partial charge in [-0.2, -0.15) is 5.06 Å². The number of aldehydes is 1. The molecule has 144 valence electrons. The van der Waals surface area contributed by atoms with Gasteiger partial charge in [0, 0.05) is 32.0 Å². The molecular weight excluding hydrogens is 348 g/mol. The minimum Gasteiger partial charge on any atom is -0.378 e. The Morgan fingerprint density at radius 2 is 1.65 bits per heavy atom. The summed E-state index contributed by atoms with van der Waals surface area (Å²) in [4.78, 5) is 61.5. The van der Waals surface area contributed by atoms with Crippen LogP contribution in [0.3, 0.4) is 0 Å². The van der Waals surface area contributed by atoms with Crippen LogP contribution in [-0.4, -0.2) is 80.0 Å². The molecule has 0 N–H and O–H groups in total. The number of carbonyl (C=O) groups is 5. The molecule has 3 amide bonds. The number of amides is 3. The molecule has 0 saturated carbocycles. The van der Waals surface area contributed by atoms with Gasteiger partial charge < -0.3 is 19.1 Å². The van der Waals surface area contributed by atoms with Crippen LogP contribution < -0.4 is 0 Å². The van der Waals surface area contributed by atoms with Gasteiger partial charge in [0.25, 0.3) is 17.7 Å². The molecule has 0 aliphatic carbocycles. The normalized spacial score (nSPS) is 13.2. The van der Waals surface area contributed by atoms with Gasteiger partial charge in [0.05, 0.1) is 39.4 Å². The summed E-state index contributed by atoms with van der Waals surface area (Å²) < 4.78 is 10.4. The first kappa shape index (κ1) is 21.5. The van der Waals surface area contributed by atoms with Gasteiger partial charge in [0.15, 0.2) is 0 Å². The molecule has 1 heterocycles. The van der Waals surface area contributed by atoms with Gasteiger partial charge in [-0.3, -0.25) is 19.3 Å². The molecule has 10 heteroatoms. The van der Waals surface area contributed by atoms with Crippen molar-refractivity contribution in [3.05, 3.63) is 12.2 Å². The number of hydrogen-bond donors (Lipinski definition) is 0. The Kier molecular flexibility index (Phi) is 9.80. The third kappa shape index (κ3) is 7.99. The van der Waals surface area contributed by atoms with Crippen molar-refractivity contribution >= 4 is 30.0 Å². The Hall–Kier alpha value is -2.59. The van der Waals surface area contributed by atoms with Crippen LogP contribution in [0.25, 0.3) is 0 Å². The molecule has 1 aliphatic heterocycles. The van der Waals surface area contributed by atoms with E-state index >= 15 is 0 Å². The molecule has 0 aromatic rings. The summed E-state index contributed by atoms with van der Waals surface area (Å²) >= 11 is 0. The first-order chi connectivity index (χ1) is 12.5. The SMILES string of the molecule is CN(OC(=O)CCOCCOCCN1C(=O)C=CC1=O)C(=O)CCC=O. The van der Waals surface area contributed by atoms with Crippen LogP contribution in [0.1, 0.15) is 19.3 Å². The maximum atomic E-state index is 11.5. The van der Waals surface area contributed by atoms with E-state index in [0.29, 0.717) is 6.29 Å². The van der Waals surface area contributed by atoms with E-state index in [-0.39, 0.29) is 64.0 Å². The number of rotatable bonds is 12. The fraction of sp³-hybridized carbons (Fsp3) is 0.562. The zero-order valence-electron chi connectivity index (χ0n) is 14.5. The zero-order valence-corrected chi connectivity index (χ0v) is 14.5. The number of ether oxygens (including phenoxy) is 2. The predicted molar refractivity (Wildman–Crippen MR) is 86.3 cm³/mol. The van der Waals surface area contributed by atoms with Gasteiger partial charge in [-0.15, -0.1) is 0 Å². The lowest BCUT2D eigenvalue weighted by Crippen LogP contribution is -2.33. The molecular formula is C16H22N2O8. The van der Waals surface area contributed by atoms with Crippen LogP contribution in [0.15, 0.2) is 12.2 Å². The van der Waals surface area contributed by atoms with E-state index in [1.165, 1.54) is 19.2 Å². The lowest BCUT2D eigenvalue weighted by molar-refractivity contribution is -0.193. The molecule has 0 spiro atoms. The molecule has 0 atom stereocenters. The highest BCUT2D eigenvalue weighted by Crippen LogP contribution is 2.02. The Bertz CT molecular complexity index is 542. The third-order valence-electron chi connectivity index (χ3n) is 3.25. The first-order valence-electron chi connectivity index (χ1n) is 8.05. The van der Waals surface area contributed by atoms with Crippen LogP contribution in [0.2, 0.25) is 0 Å². The fourth-order valence-corrected chi connectivity index (χ4v) is 1.87. The number of hydroxylamine groups is 2. The summed E-state index contributed by atoms with van der Waals surface area (Å²) in [7, 11) is 1.30. The Balaban J connectivity index is 1.99. The Morgan fingerprint density at radius 3 is 2.27 bits per heavy atom. The van der Waals surface area contributed by atoms with Crippen molar-refractivity contribution < 1.29 is 38.3 Å². The summed E-state index contributed by atoms with van der Waals surface area (Å²) in [5.74, 6) is -1.82. The highest BCUT2D eigenvalue weighted by molar-refractivity contribution is 6.12. The molecule has 0 radical (unpaired) electrons. The molecule has 1 rings (SSSR count). The number of nitrogens with zero attached hydrogens (tertiary/aromatic N) is 2. The van der Waals surface area contributed by atoms with Crippen LogP contribution in [0, 0.1) is 0 Å². The molecule has 0 fully saturated rings. The molecule has 0 aromatic heterocycles. The van der Waals surface area contributed by atoms with Crippen molar-refractivity contribution in [2.24, 2.45) is 0 Å². The second-order valence-corrected chi connectivity index (χ2v) is 5.20. The van der Waals surface area contributed by atoms with Gasteiger partial charge >= 0.3 is 5.97 Å². The summed E-state index contributed by atoms with van der Waals surface area (Å²) in [6.07, 6.45) is 3.02. The maximum Gasteiger partial charge on any atom is 0.334 e. The van der Waals surface area contributed by atoms with E-state index < -0.39 is 11.9 Å². The van der Waals surface area contributed by atoms with Crippen molar-refractivity contribution in [2.45, 2.75) is 19.3 Å². The van der Waals surface area contributed by atoms with Crippen LogP contribution in [0.4, 0.5) is 0 Å². The van der Waals surface area contributed by atoms with E-state index in [1.54, 1.807) is 0 Å². The zero-order chi connectivity index (χ0) is 19.4. The van der Waals surface area contributed by atoms with Crippen molar-refractivity contribution in [3.63, 3.8) is 0 Å². The van der Waals surface area contributed by atoms with Gasteiger partial charge in [-0.1, -0.05) is 0 Å². The number of carbonyl (C=O) groups excluding carboxylic acids is 5. The minimum absolute atomic E-state index is 0.0220.